The summed E-state index contributed by atoms with van der Waals surface area (Å²) in [5, 5.41) is 0. The van der Waals surface area contributed by atoms with Gasteiger partial charge in [-0.2, -0.15) is 0 Å². The van der Waals surface area contributed by atoms with Crippen LogP contribution in [0, 0.1) is 0 Å². The normalized spacial score (nSPS) is 0. The first-order chi connectivity index (χ1) is 0. The Morgan fingerprint density at radius 2 is 0.750 bits per heavy atom. The molecule has 0 aromatic rings. The van der Waals surface area contributed by atoms with Gasteiger partial charge in [-0.1, -0.05) is 0 Å². The van der Waals surface area contributed by atoms with Gasteiger partial charge in [-0.15, -0.1) is 0 Å². The predicted molar refractivity (Wildman–Crippen MR) is 28.4 cm³/mol. The zero-order valence-electron chi connectivity index (χ0n) is 0.707. The second-order valence-corrected chi connectivity index (χ2v) is 0. The van der Waals surface area contributed by atoms with Gasteiger partial charge in [0.15, 0.2) is 34.7 Å². The zero-order chi connectivity index (χ0) is 0. The third-order valence-electron chi connectivity index (χ3n) is 0. The van der Waals surface area contributed by atoms with E-state index in [1.54, 1.807) is 0 Å². The Kier molecular flexibility index (Phi) is 143. The molecule has 0 aliphatic heterocycles. The monoisotopic (exact) mass is 150 g/mol. The smallest absolute Gasteiger partial charge is 0 e. The molecule has 0 heterocycles. The van der Waals surface area contributed by atoms with Crippen molar-refractivity contribution in [2.45, 2.75) is 0 Å². The molecule has 0 saturated carbocycles. The Hall–Kier alpha value is 2.45. The third kappa shape index (κ3) is 8.82. The molecular formula is H8Al2MgZn. The molecule has 0 aliphatic rings. The van der Waals surface area contributed by atoms with Crippen LogP contribution in [0.4, 0.5) is 0 Å². The van der Waals surface area contributed by atoms with Crippen molar-refractivity contribution in [3.05, 3.63) is 0 Å². The Balaban J connectivity index is 0. The number of rotatable bonds is 0. The molecule has 0 unspecified atom stereocenters. The topological polar surface area (TPSA) is 0 Å². The summed E-state index contributed by atoms with van der Waals surface area (Å²) in [7, 11) is 0. The van der Waals surface area contributed by atoms with Gasteiger partial charge in [0.1, 0.15) is 0 Å². The summed E-state index contributed by atoms with van der Waals surface area (Å²) in [6.45, 7) is 0. The molecule has 4 heavy (non-hydrogen) atoms. The second-order valence-electron chi connectivity index (χ2n) is 0. The van der Waals surface area contributed by atoms with Crippen LogP contribution in [0.3, 0.4) is 0 Å². The minimum Gasteiger partial charge on any atom is 0 e. The van der Waals surface area contributed by atoms with Crippen molar-refractivity contribution in [2.24, 2.45) is 0 Å². The molecule has 0 aromatic carbocycles. The first kappa shape index (κ1) is 31.9. The maximum Gasteiger partial charge on any atom is 0.316 e. The van der Waals surface area contributed by atoms with Crippen LogP contribution in [0.1, 0.15) is 0 Å². The fourth-order valence-corrected chi connectivity index (χ4v) is 0. The van der Waals surface area contributed by atoms with E-state index in [4.69, 9.17) is 0 Å². The van der Waals surface area contributed by atoms with Gasteiger partial charge in [0, 0.05) is 19.5 Å². The van der Waals surface area contributed by atoms with Crippen molar-refractivity contribution in [1.29, 1.82) is 0 Å². The van der Waals surface area contributed by atoms with Crippen molar-refractivity contribution < 1.29 is 19.5 Å². The average Bonchev–Trinajstić information content (AvgIpc) is 0. The van der Waals surface area contributed by atoms with E-state index in [-0.39, 0.29) is 77.3 Å². The van der Waals surface area contributed by atoms with Crippen molar-refractivity contribution >= 4 is 57.8 Å². The fraction of sp³-hybridized carbons (Fsp3) is 0. The summed E-state index contributed by atoms with van der Waals surface area (Å²) in [6.07, 6.45) is 0. The van der Waals surface area contributed by atoms with Gasteiger partial charge >= 0.3 is 23.1 Å². The molecule has 0 spiro atoms. The van der Waals surface area contributed by atoms with E-state index < -0.39 is 0 Å². The van der Waals surface area contributed by atoms with E-state index in [1.165, 1.54) is 0 Å². The Labute approximate surface area is 76.3 Å². The van der Waals surface area contributed by atoms with Gasteiger partial charge in [-0.05, 0) is 0 Å². The fourth-order valence-electron chi connectivity index (χ4n) is 0. The van der Waals surface area contributed by atoms with Gasteiger partial charge < -0.3 is 0 Å². The molecule has 0 aromatic heterocycles. The molecule has 4 heteroatoms. The van der Waals surface area contributed by atoms with Crippen LogP contribution in [-0.4, -0.2) is 57.8 Å². The standard InChI is InChI=1S/2Al.Mg.Zn.8H. The quantitative estimate of drug-likeness (QED) is 0.319. The van der Waals surface area contributed by atoms with Gasteiger partial charge in [0.25, 0.3) is 0 Å². The predicted octanol–water partition coefficient (Wildman–Crippen LogP) is -3.29. The molecule has 18 valence electrons. The molecule has 0 fully saturated rings. The van der Waals surface area contributed by atoms with Crippen LogP contribution in [0.2, 0.25) is 0 Å². The molecule has 0 amide bonds. The van der Waals surface area contributed by atoms with Crippen LogP contribution >= 0.6 is 0 Å². The van der Waals surface area contributed by atoms with E-state index in [9.17, 15) is 0 Å². The van der Waals surface area contributed by atoms with E-state index in [0.29, 0.717) is 0 Å². The second kappa shape index (κ2) is 18.0. The number of hydrogen-bond donors (Lipinski definition) is 0. The van der Waals surface area contributed by atoms with Gasteiger partial charge in [0.05, 0.1) is 0 Å². The van der Waals surface area contributed by atoms with Crippen molar-refractivity contribution in [1.82, 2.24) is 0 Å². The number of hydrogen-bond acceptors (Lipinski definition) is 0. The summed E-state index contributed by atoms with van der Waals surface area (Å²) in [4.78, 5) is 0. The van der Waals surface area contributed by atoms with Crippen LogP contribution in [0.5, 0.6) is 0 Å². The van der Waals surface area contributed by atoms with Gasteiger partial charge in [-0.25, -0.2) is 0 Å². The average molecular weight is 152 g/mol. The Bertz CT molecular complexity index is 6.00. The van der Waals surface area contributed by atoms with Gasteiger partial charge in [0.2, 0.25) is 0 Å². The van der Waals surface area contributed by atoms with Crippen LogP contribution < -0.4 is 0 Å². The summed E-state index contributed by atoms with van der Waals surface area (Å²) in [5.74, 6) is 0. The summed E-state index contributed by atoms with van der Waals surface area (Å²) < 4.78 is 0. The first-order valence-corrected chi connectivity index (χ1v) is 0. The molecule has 0 N–H and O–H groups in total. The first-order valence-electron chi connectivity index (χ1n) is 0. The maximum absolute atomic E-state index is 0. The van der Waals surface area contributed by atoms with Gasteiger partial charge in [-0.3, -0.25) is 0 Å². The molecule has 0 aliphatic carbocycles. The van der Waals surface area contributed by atoms with Crippen molar-refractivity contribution in [2.75, 3.05) is 0 Å². The molecule has 0 radical (unpaired) electrons. The van der Waals surface area contributed by atoms with Crippen LogP contribution in [0.15, 0.2) is 0 Å². The molecule has 0 atom stereocenters. The van der Waals surface area contributed by atoms with E-state index in [0.717, 1.165) is 0 Å². The minimum atomic E-state index is 0. The third-order valence-corrected chi connectivity index (χ3v) is 0. The zero-order valence-corrected chi connectivity index (χ0v) is 3.67. The summed E-state index contributed by atoms with van der Waals surface area (Å²) in [6, 6.07) is 0. The molecule has 0 rings (SSSR count). The van der Waals surface area contributed by atoms with E-state index in [1.807, 2.05) is 0 Å². The van der Waals surface area contributed by atoms with E-state index >= 15 is 0 Å². The van der Waals surface area contributed by atoms with E-state index in [2.05, 4.69) is 0 Å². The van der Waals surface area contributed by atoms with Crippen molar-refractivity contribution in [3.8, 4) is 0 Å². The Morgan fingerprint density at radius 3 is 0.750 bits per heavy atom. The SMILES string of the molecule is [AlH3].[AlH3].[MgH2].[Zn]. The van der Waals surface area contributed by atoms with Crippen LogP contribution in [-0.2, 0) is 19.5 Å². The largest absolute Gasteiger partial charge is 0.316 e. The van der Waals surface area contributed by atoms with Crippen LogP contribution in [0.25, 0.3) is 0 Å². The van der Waals surface area contributed by atoms with Crippen molar-refractivity contribution in [3.63, 3.8) is 0 Å². The maximum atomic E-state index is 0. The minimum absolute atomic E-state index is 0. The summed E-state index contributed by atoms with van der Waals surface area (Å²) in [5.41, 5.74) is 0. The molecule has 0 saturated heterocycles. The summed E-state index contributed by atoms with van der Waals surface area (Å²) >= 11 is 0. The molecular weight excluding hydrogens is 144 g/mol. The molecule has 0 bridgehead atoms. The Morgan fingerprint density at radius 1 is 0.750 bits per heavy atom. The molecule has 0 nitrogen and oxygen atoms in total.